The molecule has 0 spiro atoms. The lowest BCUT2D eigenvalue weighted by Gasteiger charge is -2.18. The zero-order valence-electron chi connectivity index (χ0n) is 12.7. The maximum absolute atomic E-state index is 11.8. The van der Waals surface area contributed by atoms with Gasteiger partial charge in [-0.3, -0.25) is 10.1 Å². The summed E-state index contributed by atoms with van der Waals surface area (Å²) < 4.78 is 2.25. The van der Waals surface area contributed by atoms with Gasteiger partial charge in [0.25, 0.3) is 0 Å². The van der Waals surface area contributed by atoms with E-state index in [1.165, 1.54) is 24.6 Å². The highest BCUT2D eigenvalue weighted by molar-refractivity contribution is 8.00. The maximum Gasteiger partial charge on any atom is 0.318 e. The Hall–Kier alpha value is -1.50. The predicted molar refractivity (Wildman–Crippen MR) is 82.3 cm³/mol. The molecule has 1 aliphatic rings. The first-order valence-electron chi connectivity index (χ1n) is 7.22. The molecule has 0 bridgehead atoms. The molecule has 116 valence electrons. The van der Waals surface area contributed by atoms with Crippen LogP contribution in [-0.2, 0) is 4.79 Å². The molecule has 1 aliphatic carbocycles. The summed E-state index contributed by atoms with van der Waals surface area (Å²) in [6, 6.07) is -0.348. The number of primary amides is 1. The Labute approximate surface area is 128 Å². The van der Waals surface area contributed by atoms with Crippen molar-refractivity contribution in [1.29, 1.82) is 0 Å². The molecule has 3 amide bonds. The zero-order chi connectivity index (χ0) is 15.6. The lowest BCUT2D eigenvalue weighted by molar-refractivity contribution is -0.119. The number of amides is 3. The lowest BCUT2D eigenvalue weighted by Crippen LogP contribution is -2.39. The quantitative estimate of drug-likeness (QED) is 0.835. The van der Waals surface area contributed by atoms with Crippen LogP contribution in [-0.4, -0.2) is 26.7 Å². The highest BCUT2D eigenvalue weighted by atomic mass is 32.2. The second kappa shape index (κ2) is 6.51. The molecule has 1 aromatic rings. The van der Waals surface area contributed by atoms with Gasteiger partial charge in [-0.05, 0) is 33.6 Å². The fraction of sp³-hybridized carbons (Fsp3) is 0.643. The molecular weight excluding hydrogens is 288 g/mol. The molecule has 0 aliphatic heterocycles. The van der Waals surface area contributed by atoms with E-state index < -0.39 is 11.3 Å². The lowest BCUT2D eigenvalue weighted by atomic mass is 10.2. The van der Waals surface area contributed by atoms with Crippen LogP contribution in [0.25, 0.3) is 0 Å². The number of rotatable bonds is 4. The molecular formula is C14H22N4O2S. The van der Waals surface area contributed by atoms with Crippen molar-refractivity contribution in [3.8, 4) is 0 Å². The van der Waals surface area contributed by atoms with Crippen LogP contribution in [0.1, 0.15) is 50.0 Å². The summed E-state index contributed by atoms with van der Waals surface area (Å²) in [7, 11) is 0. The third-order valence-corrected chi connectivity index (χ3v) is 5.01. The number of nitrogens with one attached hydrogen (secondary N) is 1. The Bertz CT molecular complexity index is 549. The van der Waals surface area contributed by atoms with Crippen molar-refractivity contribution in [2.75, 3.05) is 0 Å². The third kappa shape index (κ3) is 3.58. The van der Waals surface area contributed by atoms with Crippen LogP contribution < -0.4 is 11.1 Å². The number of aryl methyl sites for hydroxylation is 1. The Kier molecular flexibility index (Phi) is 4.92. The average Bonchev–Trinajstić information content (AvgIpc) is 2.98. The third-order valence-electron chi connectivity index (χ3n) is 3.94. The summed E-state index contributed by atoms with van der Waals surface area (Å²) in [5.41, 5.74) is 7.13. The van der Waals surface area contributed by atoms with Gasteiger partial charge in [-0.2, -0.15) is 0 Å². The van der Waals surface area contributed by atoms with Gasteiger partial charge in [-0.25, -0.2) is 9.78 Å². The van der Waals surface area contributed by atoms with Gasteiger partial charge in [0.05, 0.1) is 10.9 Å². The van der Waals surface area contributed by atoms with E-state index in [9.17, 15) is 9.59 Å². The van der Waals surface area contributed by atoms with Crippen molar-refractivity contribution in [2.24, 2.45) is 5.73 Å². The van der Waals surface area contributed by atoms with Crippen molar-refractivity contribution < 1.29 is 9.59 Å². The Morgan fingerprint density at radius 2 is 2.00 bits per heavy atom. The van der Waals surface area contributed by atoms with E-state index in [0.717, 1.165) is 29.4 Å². The van der Waals surface area contributed by atoms with E-state index in [2.05, 4.69) is 21.8 Å². The number of hydrogen-bond acceptors (Lipinski definition) is 4. The molecule has 1 heterocycles. The van der Waals surface area contributed by atoms with Gasteiger partial charge < -0.3 is 10.3 Å². The van der Waals surface area contributed by atoms with Crippen LogP contribution in [0.2, 0.25) is 0 Å². The minimum Gasteiger partial charge on any atom is -0.351 e. The minimum atomic E-state index is -0.820. The van der Waals surface area contributed by atoms with Crippen LogP contribution in [0.5, 0.6) is 0 Å². The maximum atomic E-state index is 11.8. The Morgan fingerprint density at radius 1 is 1.38 bits per heavy atom. The zero-order valence-corrected chi connectivity index (χ0v) is 13.5. The van der Waals surface area contributed by atoms with Crippen molar-refractivity contribution >= 4 is 23.7 Å². The van der Waals surface area contributed by atoms with Crippen LogP contribution >= 0.6 is 11.8 Å². The van der Waals surface area contributed by atoms with Gasteiger partial charge >= 0.3 is 6.03 Å². The fourth-order valence-electron chi connectivity index (χ4n) is 2.71. The molecule has 0 aromatic carbocycles. The van der Waals surface area contributed by atoms with Crippen molar-refractivity contribution in [3.05, 3.63) is 11.4 Å². The molecule has 2 rings (SSSR count). The first-order chi connectivity index (χ1) is 9.90. The van der Waals surface area contributed by atoms with E-state index >= 15 is 0 Å². The number of aromatic nitrogens is 2. The standard InChI is InChI=1S/C14H22N4O2S/c1-8-9(2)18(11-6-4-5-7-11)14(16-8)21-10(3)12(19)17-13(15)20/h10-11H,4-7H2,1-3H3,(H3,15,17,19,20). The molecule has 0 radical (unpaired) electrons. The predicted octanol–water partition coefficient (Wildman–Crippen LogP) is 2.29. The molecule has 1 aromatic heterocycles. The molecule has 21 heavy (non-hydrogen) atoms. The molecule has 6 nitrogen and oxygen atoms in total. The van der Waals surface area contributed by atoms with Crippen LogP contribution in [0, 0.1) is 13.8 Å². The van der Waals surface area contributed by atoms with Gasteiger partial charge in [0, 0.05) is 11.7 Å². The van der Waals surface area contributed by atoms with Crippen LogP contribution in [0.3, 0.4) is 0 Å². The monoisotopic (exact) mass is 310 g/mol. The number of nitrogens with two attached hydrogens (primary N) is 1. The van der Waals surface area contributed by atoms with Gasteiger partial charge in [0.15, 0.2) is 5.16 Å². The highest BCUT2D eigenvalue weighted by Gasteiger charge is 2.26. The second-order valence-corrected chi connectivity index (χ2v) is 6.80. The van der Waals surface area contributed by atoms with E-state index in [1.54, 1.807) is 6.92 Å². The van der Waals surface area contributed by atoms with E-state index in [4.69, 9.17) is 5.73 Å². The normalized spacial score (nSPS) is 16.9. The van der Waals surface area contributed by atoms with Gasteiger partial charge in [-0.1, -0.05) is 24.6 Å². The summed E-state index contributed by atoms with van der Waals surface area (Å²) >= 11 is 1.37. The summed E-state index contributed by atoms with van der Waals surface area (Å²) in [4.78, 5) is 27.2. The topological polar surface area (TPSA) is 90.0 Å². The summed E-state index contributed by atoms with van der Waals surface area (Å²) in [5, 5.41) is 2.55. The molecule has 0 saturated heterocycles. The number of nitrogens with zero attached hydrogens (tertiary/aromatic N) is 2. The molecule has 1 saturated carbocycles. The SMILES string of the molecule is Cc1nc(SC(C)C(=O)NC(N)=O)n(C2CCCC2)c1C. The summed E-state index contributed by atoms with van der Waals surface area (Å²) in [5.74, 6) is -0.385. The van der Waals surface area contributed by atoms with Gasteiger partial charge in [0.2, 0.25) is 5.91 Å². The summed E-state index contributed by atoms with van der Waals surface area (Å²) in [6.45, 7) is 5.80. The first-order valence-corrected chi connectivity index (χ1v) is 8.10. The number of carbonyl (C=O) groups is 2. The number of hydrogen-bond donors (Lipinski definition) is 2. The Morgan fingerprint density at radius 3 is 2.57 bits per heavy atom. The van der Waals surface area contributed by atoms with Gasteiger partial charge in [0.1, 0.15) is 0 Å². The minimum absolute atomic E-state index is 0.385. The van der Waals surface area contributed by atoms with Crippen LogP contribution in [0.15, 0.2) is 5.16 Å². The Balaban J connectivity index is 2.17. The largest absolute Gasteiger partial charge is 0.351 e. The van der Waals surface area contributed by atoms with Crippen molar-refractivity contribution in [1.82, 2.24) is 14.9 Å². The molecule has 1 unspecified atom stereocenters. The van der Waals surface area contributed by atoms with E-state index in [0.29, 0.717) is 6.04 Å². The number of imide groups is 1. The van der Waals surface area contributed by atoms with Crippen LogP contribution in [0.4, 0.5) is 4.79 Å². The smallest absolute Gasteiger partial charge is 0.318 e. The first kappa shape index (κ1) is 15.9. The number of urea groups is 1. The van der Waals surface area contributed by atoms with Crippen molar-refractivity contribution in [3.63, 3.8) is 0 Å². The fourth-order valence-corrected chi connectivity index (χ4v) is 3.78. The van der Waals surface area contributed by atoms with Crippen molar-refractivity contribution in [2.45, 2.75) is 62.9 Å². The average molecular weight is 310 g/mol. The number of imidazole rings is 1. The van der Waals surface area contributed by atoms with E-state index in [1.807, 2.05) is 6.92 Å². The second-order valence-electron chi connectivity index (χ2n) is 5.49. The molecule has 7 heteroatoms. The van der Waals surface area contributed by atoms with Gasteiger partial charge in [-0.15, -0.1) is 0 Å². The number of thioether (sulfide) groups is 1. The molecule has 3 N–H and O–H groups in total. The highest BCUT2D eigenvalue weighted by Crippen LogP contribution is 2.36. The molecule has 1 fully saturated rings. The van der Waals surface area contributed by atoms with E-state index in [-0.39, 0.29) is 5.91 Å². The summed E-state index contributed by atoms with van der Waals surface area (Å²) in [6.07, 6.45) is 4.80. The molecule has 1 atom stereocenters. The number of carbonyl (C=O) groups excluding carboxylic acids is 2.